The molecule has 1 aliphatic heterocycles. The summed E-state index contributed by atoms with van der Waals surface area (Å²) in [7, 11) is 0. The fourth-order valence-electron chi connectivity index (χ4n) is 2.35. The summed E-state index contributed by atoms with van der Waals surface area (Å²) >= 11 is 0. The highest BCUT2D eigenvalue weighted by Gasteiger charge is 2.17. The zero-order valence-electron chi connectivity index (χ0n) is 11.0. The first-order valence-electron chi connectivity index (χ1n) is 6.79. The molecule has 0 bridgehead atoms. The van der Waals surface area contributed by atoms with Crippen molar-refractivity contribution in [3.8, 4) is 0 Å². The molecule has 4 heteroatoms. The number of carbonyl (C=O) groups is 1. The highest BCUT2D eigenvalue weighted by atomic mass is 16.3. The molecule has 4 nitrogen and oxygen atoms in total. The molecule has 18 heavy (non-hydrogen) atoms. The van der Waals surface area contributed by atoms with Gasteiger partial charge in [-0.15, -0.1) is 0 Å². The lowest BCUT2D eigenvalue weighted by atomic mass is 10.2. The summed E-state index contributed by atoms with van der Waals surface area (Å²) in [4.78, 5) is 13.8. The quantitative estimate of drug-likeness (QED) is 0.837. The molecule has 1 fully saturated rings. The molecule has 0 radical (unpaired) electrons. The van der Waals surface area contributed by atoms with Gasteiger partial charge >= 0.3 is 0 Å². The van der Waals surface area contributed by atoms with Crippen molar-refractivity contribution < 1.29 is 9.21 Å². The minimum Gasteiger partial charge on any atom is -0.469 e. The average Bonchev–Trinajstić information content (AvgIpc) is 3.00. The van der Waals surface area contributed by atoms with E-state index in [2.05, 4.69) is 12.2 Å². The third kappa shape index (κ3) is 3.88. The van der Waals surface area contributed by atoms with Crippen LogP contribution in [0.4, 0.5) is 0 Å². The lowest BCUT2D eigenvalue weighted by Crippen LogP contribution is -2.34. The van der Waals surface area contributed by atoms with Crippen LogP contribution in [0.1, 0.15) is 31.9 Å². The van der Waals surface area contributed by atoms with Crippen LogP contribution in [-0.2, 0) is 11.2 Å². The van der Waals surface area contributed by atoms with E-state index < -0.39 is 0 Å². The van der Waals surface area contributed by atoms with Crippen molar-refractivity contribution >= 4 is 5.91 Å². The van der Waals surface area contributed by atoms with Crippen LogP contribution in [0.25, 0.3) is 0 Å². The molecule has 0 spiro atoms. The monoisotopic (exact) mass is 250 g/mol. The number of hydrogen-bond acceptors (Lipinski definition) is 3. The molecule has 0 aliphatic carbocycles. The molecule has 0 saturated carbocycles. The van der Waals surface area contributed by atoms with Crippen LogP contribution in [0, 0.1) is 0 Å². The average molecular weight is 250 g/mol. The summed E-state index contributed by atoms with van der Waals surface area (Å²) in [6.45, 7) is 4.75. The lowest BCUT2D eigenvalue weighted by molar-refractivity contribution is -0.130. The fourth-order valence-corrected chi connectivity index (χ4v) is 2.35. The van der Waals surface area contributed by atoms with Gasteiger partial charge in [-0.3, -0.25) is 4.79 Å². The molecule has 1 unspecified atom stereocenters. The molecule has 1 aliphatic rings. The highest BCUT2D eigenvalue weighted by molar-refractivity contribution is 5.76. The van der Waals surface area contributed by atoms with E-state index in [9.17, 15) is 4.79 Å². The predicted molar refractivity (Wildman–Crippen MR) is 70.3 cm³/mol. The molecule has 1 saturated heterocycles. The van der Waals surface area contributed by atoms with Gasteiger partial charge in [0.25, 0.3) is 0 Å². The Morgan fingerprint density at radius 1 is 1.50 bits per heavy atom. The van der Waals surface area contributed by atoms with Crippen LogP contribution in [-0.4, -0.2) is 36.5 Å². The molecular weight excluding hydrogens is 228 g/mol. The number of carbonyl (C=O) groups excluding carboxylic acids is 1. The molecule has 1 atom stereocenters. The second-order valence-corrected chi connectivity index (χ2v) is 4.98. The van der Waals surface area contributed by atoms with Crippen molar-refractivity contribution in [2.24, 2.45) is 0 Å². The largest absolute Gasteiger partial charge is 0.469 e. The molecule has 1 aromatic rings. The maximum absolute atomic E-state index is 11.8. The van der Waals surface area contributed by atoms with Crippen molar-refractivity contribution in [1.29, 1.82) is 0 Å². The van der Waals surface area contributed by atoms with Crippen LogP contribution >= 0.6 is 0 Å². The first-order valence-corrected chi connectivity index (χ1v) is 6.79. The summed E-state index contributed by atoms with van der Waals surface area (Å²) in [5.74, 6) is 1.27. The topological polar surface area (TPSA) is 45.5 Å². The van der Waals surface area contributed by atoms with Crippen LogP contribution in [0.5, 0.6) is 0 Å². The van der Waals surface area contributed by atoms with Crippen LogP contribution in [0.2, 0.25) is 0 Å². The van der Waals surface area contributed by atoms with Gasteiger partial charge in [-0.2, -0.15) is 0 Å². The number of furan rings is 1. The Morgan fingerprint density at radius 2 is 2.28 bits per heavy atom. The second-order valence-electron chi connectivity index (χ2n) is 4.98. The molecule has 1 aromatic heterocycles. The van der Waals surface area contributed by atoms with Crippen molar-refractivity contribution in [3.05, 3.63) is 24.2 Å². The number of nitrogens with one attached hydrogen (secondary N) is 1. The Balaban J connectivity index is 1.61. The number of rotatable bonds is 6. The molecule has 2 rings (SSSR count). The Kier molecular flexibility index (Phi) is 4.81. The van der Waals surface area contributed by atoms with Gasteiger partial charge in [0.15, 0.2) is 0 Å². The maximum Gasteiger partial charge on any atom is 0.223 e. The highest BCUT2D eigenvalue weighted by Crippen LogP contribution is 2.08. The van der Waals surface area contributed by atoms with Crippen molar-refractivity contribution in [3.63, 3.8) is 0 Å². The minimum absolute atomic E-state index is 0.283. The summed E-state index contributed by atoms with van der Waals surface area (Å²) in [6.07, 6.45) is 5.48. The van der Waals surface area contributed by atoms with E-state index in [1.54, 1.807) is 6.26 Å². The third-order valence-electron chi connectivity index (χ3n) is 3.38. The third-order valence-corrected chi connectivity index (χ3v) is 3.38. The summed E-state index contributed by atoms with van der Waals surface area (Å²) < 4.78 is 5.30. The van der Waals surface area contributed by atoms with Gasteiger partial charge in [-0.25, -0.2) is 0 Å². The molecule has 0 aromatic carbocycles. The van der Waals surface area contributed by atoms with Crippen LogP contribution in [0.15, 0.2) is 22.8 Å². The molecule has 1 N–H and O–H groups in total. The lowest BCUT2D eigenvalue weighted by Gasteiger charge is -2.17. The number of likely N-dealkylation sites (tertiary alicyclic amines) is 1. The van der Waals surface area contributed by atoms with Gasteiger partial charge in [-0.05, 0) is 31.9 Å². The van der Waals surface area contributed by atoms with E-state index in [1.807, 2.05) is 17.0 Å². The van der Waals surface area contributed by atoms with Gasteiger partial charge in [0.2, 0.25) is 5.91 Å². The van der Waals surface area contributed by atoms with Crippen LogP contribution < -0.4 is 5.32 Å². The van der Waals surface area contributed by atoms with Gasteiger partial charge in [0.05, 0.1) is 6.26 Å². The van der Waals surface area contributed by atoms with Gasteiger partial charge in [0, 0.05) is 38.5 Å². The van der Waals surface area contributed by atoms with Gasteiger partial charge in [-0.1, -0.05) is 0 Å². The van der Waals surface area contributed by atoms with Gasteiger partial charge < -0.3 is 14.6 Å². The molecular formula is C14H22N2O2. The molecule has 2 heterocycles. The fraction of sp³-hybridized carbons (Fsp3) is 0.643. The Hall–Kier alpha value is -1.29. The maximum atomic E-state index is 11.8. The normalized spacial score (nSPS) is 17.1. The Bertz CT molecular complexity index is 356. The summed E-state index contributed by atoms with van der Waals surface area (Å²) in [6, 6.07) is 4.22. The standard InChI is InChI=1S/C14H22N2O2/c1-12(11-13-5-4-10-18-13)15-7-6-14(17)16-8-2-3-9-16/h4-5,10,12,15H,2-3,6-9,11H2,1H3. The van der Waals surface area contributed by atoms with E-state index in [0.29, 0.717) is 12.5 Å². The number of amides is 1. The zero-order valence-corrected chi connectivity index (χ0v) is 11.0. The van der Waals surface area contributed by atoms with E-state index >= 15 is 0 Å². The number of nitrogens with zero attached hydrogens (tertiary/aromatic N) is 1. The zero-order chi connectivity index (χ0) is 12.8. The predicted octanol–water partition coefficient (Wildman–Crippen LogP) is 1.81. The van der Waals surface area contributed by atoms with Crippen molar-refractivity contribution in [1.82, 2.24) is 10.2 Å². The molecule has 1 amide bonds. The van der Waals surface area contributed by atoms with E-state index in [0.717, 1.165) is 44.7 Å². The van der Waals surface area contributed by atoms with Crippen molar-refractivity contribution in [2.45, 2.75) is 38.6 Å². The van der Waals surface area contributed by atoms with Crippen LogP contribution in [0.3, 0.4) is 0 Å². The van der Waals surface area contributed by atoms with Gasteiger partial charge in [0.1, 0.15) is 5.76 Å². The molecule has 100 valence electrons. The van der Waals surface area contributed by atoms with E-state index in [1.165, 1.54) is 0 Å². The van der Waals surface area contributed by atoms with E-state index in [-0.39, 0.29) is 5.91 Å². The summed E-state index contributed by atoms with van der Waals surface area (Å²) in [5.41, 5.74) is 0. The Morgan fingerprint density at radius 3 is 2.94 bits per heavy atom. The minimum atomic E-state index is 0.283. The smallest absolute Gasteiger partial charge is 0.223 e. The van der Waals surface area contributed by atoms with Crippen molar-refractivity contribution in [2.75, 3.05) is 19.6 Å². The number of hydrogen-bond donors (Lipinski definition) is 1. The summed E-state index contributed by atoms with van der Waals surface area (Å²) in [5, 5.41) is 3.37. The first-order chi connectivity index (χ1) is 8.75. The van der Waals surface area contributed by atoms with E-state index in [4.69, 9.17) is 4.42 Å². The Labute approximate surface area is 108 Å². The SMILES string of the molecule is CC(Cc1ccco1)NCCC(=O)N1CCCC1. The first kappa shape index (κ1) is 13.1. The second kappa shape index (κ2) is 6.59.